The number of ether oxygens (including phenoxy) is 1. The second-order valence-electron chi connectivity index (χ2n) is 5.74. The number of carbonyl (C=O) groups is 1. The summed E-state index contributed by atoms with van der Waals surface area (Å²) in [7, 11) is 0. The van der Waals surface area contributed by atoms with Gasteiger partial charge < -0.3 is 9.64 Å². The van der Waals surface area contributed by atoms with Crippen LogP contribution < -0.4 is 4.90 Å². The van der Waals surface area contributed by atoms with Crippen molar-refractivity contribution < 1.29 is 9.53 Å². The molecule has 0 bridgehead atoms. The Hall–Kier alpha value is -1.10. The molecule has 1 atom stereocenters. The summed E-state index contributed by atoms with van der Waals surface area (Å²) in [5, 5.41) is 0.796. The van der Waals surface area contributed by atoms with E-state index in [-0.39, 0.29) is 5.92 Å². The molecule has 5 heteroatoms. The van der Waals surface area contributed by atoms with Crippen LogP contribution in [0.2, 0.25) is 5.02 Å². The lowest BCUT2D eigenvalue weighted by Crippen LogP contribution is -2.48. The Morgan fingerprint density at radius 3 is 2.67 bits per heavy atom. The van der Waals surface area contributed by atoms with Crippen LogP contribution >= 0.6 is 11.6 Å². The third kappa shape index (κ3) is 3.57. The number of piperazine rings is 1. The summed E-state index contributed by atoms with van der Waals surface area (Å²) in [6.07, 6.45) is 0.887. The highest BCUT2D eigenvalue weighted by Crippen LogP contribution is 2.26. The first kappa shape index (κ1) is 14.8. The van der Waals surface area contributed by atoms with E-state index >= 15 is 0 Å². The highest BCUT2D eigenvalue weighted by Gasteiger charge is 2.26. The van der Waals surface area contributed by atoms with Crippen molar-refractivity contribution in [1.29, 1.82) is 0 Å². The molecule has 0 aliphatic carbocycles. The van der Waals surface area contributed by atoms with Crippen LogP contribution in [0.1, 0.15) is 6.42 Å². The molecule has 4 nitrogen and oxygen atoms in total. The van der Waals surface area contributed by atoms with Crippen molar-refractivity contribution in [1.82, 2.24) is 4.90 Å². The van der Waals surface area contributed by atoms with Crippen LogP contribution in [-0.2, 0) is 9.53 Å². The number of ketones is 1. The number of hydrogen-bond donors (Lipinski definition) is 0. The Morgan fingerprint density at radius 2 is 2.00 bits per heavy atom. The molecule has 2 heterocycles. The number of carbonyl (C=O) groups excluding carboxylic acids is 1. The molecule has 0 N–H and O–H groups in total. The zero-order valence-corrected chi connectivity index (χ0v) is 12.9. The Morgan fingerprint density at radius 1 is 1.24 bits per heavy atom. The average molecular weight is 309 g/mol. The van der Waals surface area contributed by atoms with Crippen molar-refractivity contribution in [2.75, 3.05) is 50.8 Å². The maximum Gasteiger partial charge on any atom is 0.152 e. The summed E-state index contributed by atoms with van der Waals surface area (Å²) in [6, 6.07) is 7.94. The number of nitrogens with zero attached hydrogens (tertiary/aromatic N) is 2. The molecule has 114 valence electrons. The summed E-state index contributed by atoms with van der Waals surface area (Å²) in [5.74, 6) is 0.449. The Kier molecular flexibility index (Phi) is 4.78. The highest BCUT2D eigenvalue weighted by atomic mass is 35.5. The van der Waals surface area contributed by atoms with Crippen molar-refractivity contribution in [3.05, 3.63) is 29.3 Å². The molecule has 21 heavy (non-hydrogen) atoms. The van der Waals surface area contributed by atoms with E-state index in [1.807, 2.05) is 18.2 Å². The molecule has 1 unspecified atom stereocenters. The number of hydrogen-bond acceptors (Lipinski definition) is 4. The van der Waals surface area contributed by atoms with Crippen LogP contribution in [0.25, 0.3) is 0 Å². The Bertz CT molecular complexity index is 495. The average Bonchev–Trinajstić information content (AvgIpc) is 3.03. The molecule has 1 aromatic rings. The van der Waals surface area contributed by atoms with Gasteiger partial charge in [0.2, 0.25) is 0 Å². The van der Waals surface area contributed by atoms with Crippen molar-refractivity contribution in [2.45, 2.75) is 6.42 Å². The zero-order chi connectivity index (χ0) is 14.7. The summed E-state index contributed by atoms with van der Waals surface area (Å²) in [5.41, 5.74) is 1.09. The van der Waals surface area contributed by atoms with Gasteiger partial charge in [-0.25, -0.2) is 0 Å². The first-order valence-corrected chi connectivity index (χ1v) is 7.94. The molecule has 0 radical (unpaired) electrons. The standard InChI is InChI=1S/C16H21ClN2O2/c17-14-3-1-2-4-15(14)19-8-6-18(7-9-19)11-16(20)13-5-10-21-12-13/h1-4,13H,5-12H2. The fourth-order valence-corrected chi connectivity index (χ4v) is 3.25. The van der Waals surface area contributed by atoms with Gasteiger partial charge in [-0.3, -0.25) is 9.69 Å². The van der Waals surface area contributed by atoms with Gasteiger partial charge in [0, 0.05) is 38.7 Å². The minimum Gasteiger partial charge on any atom is -0.381 e. The molecular weight excluding hydrogens is 288 g/mol. The topological polar surface area (TPSA) is 32.8 Å². The maximum atomic E-state index is 12.2. The largest absolute Gasteiger partial charge is 0.381 e. The van der Waals surface area contributed by atoms with Crippen molar-refractivity contribution in [2.24, 2.45) is 5.92 Å². The molecular formula is C16H21ClN2O2. The smallest absolute Gasteiger partial charge is 0.152 e. The SMILES string of the molecule is O=C(CN1CCN(c2ccccc2Cl)CC1)C1CCOC1. The summed E-state index contributed by atoms with van der Waals surface area (Å²) in [4.78, 5) is 16.7. The first-order chi connectivity index (χ1) is 10.2. The monoisotopic (exact) mass is 308 g/mol. The van der Waals surface area contributed by atoms with Crippen LogP contribution in [0, 0.1) is 5.92 Å². The van der Waals surface area contributed by atoms with Gasteiger partial charge in [0.15, 0.2) is 5.78 Å². The van der Waals surface area contributed by atoms with Crippen molar-refractivity contribution >= 4 is 23.1 Å². The van der Waals surface area contributed by atoms with Gasteiger partial charge in [-0.15, -0.1) is 0 Å². The summed E-state index contributed by atoms with van der Waals surface area (Å²) >= 11 is 6.24. The molecule has 0 saturated carbocycles. The minimum absolute atomic E-state index is 0.117. The second-order valence-corrected chi connectivity index (χ2v) is 6.15. The molecule has 2 fully saturated rings. The molecule has 3 rings (SSSR count). The second kappa shape index (κ2) is 6.77. The predicted molar refractivity (Wildman–Crippen MR) is 84.0 cm³/mol. The lowest BCUT2D eigenvalue weighted by atomic mass is 10.0. The van der Waals surface area contributed by atoms with E-state index in [4.69, 9.17) is 16.3 Å². The minimum atomic E-state index is 0.117. The predicted octanol–water partition coefficient (Wildman–Crippen LogP) is 2.07. The van der Waals surface area contributed by atoms with Gasteiger partial charge in [-0.05, 0) is 18.6 Å². The van der Waals surface area contributed by atoms with E-state index < -0.39 is 0 Å². The lowest BCUT2D eigenvalue weighted by Gasteiger charge is -2.36. The number of rotatable bonds is 4. The number of para-hydroxylation sites is 1. The van der Waals surface area contributed by atoms with Crippen molar-refractivity contribution in [3.8, 4) is 0 Å². The third-order valence-corrected chi connectivity index (χ3v) is 4.65. The summed E-state index contributed by atoms with van der Waals surface area (Å²) < 4.78 is 5.29. The number of anilines is 1. The molecule has 2 aliphatic rings. The van der Waals surface area contributed by atoms with Crippen LogP contribution in [0.5, 0.6) is 0 Å². The molecule has 1 aromatic carbocycles. The van der Waals surface area contributed by atoms with E-state index in [2.05, 4.69) is 15.9 Å². The fourth-order valence-electron chi connectivity index (χ4n) is 2.99. The molecule has 2 saturated heterocycles. The lowest BCUT2D eigenvalue weighted by molar-refractivity contribution is -0.124. The third-order valence-electron chi connectivity index (χ3n) is 4.33. The zero-order valence-electron chi connectivity index (χ0n) is 12.1. The fraction of sp³-hybridized carbons (Fsp3) is 0.562. The van der Waals surface area contributed by atoms with Crippen LogP contribution in [0.3, 0.4) is 0 Å². The maximum absolute atomic E-state index is 12.2. The first-order valence-electron chi connectivity index (χ1n) is 7.56. The normalized spacial score (nSPS) is 23.5. The Balaban J connectivity index is 1.51. The summed E-state index contributed by atoms with van der Waals surface area (Å²) in [6.45, 7) is 5.55. The van der Waals surface area contributed by atoms with Crippen LogP contribution in [0.4, 0.5) is 5.69 Å². The van der Waals surface area contributed by atoms with E-state index in [0.717, 1.165) is 49.9 Å². The van der Waals surface area contributed by atoms with Gasteiger partial charge in [-0.1, -0.05) is 23.7 Å². The molecule has 0 spiro atoms. The van der Waals surface area contributed by atoms with Crippen molar-refractivity contribution in [3.63, 3.8) is 0 Å². The van der Waals surface area contributed by atoms with Crippen LogP contribution in [0.15, 0.2) is 24.3 Å². The molecule has 0 aromatic heterocycles. The van der Waals surface area contributed by atoms with E-state index in [1.165, 1.54) is 0 Å². The molecule has 2 aliphatic heterocycles. The van der Waals surface area contributed by atoms with Gasteiger partial charge >= 0.3 is 0 Å². The molecule has 0 amide bonds. The quantitative estimate of drug-likeness (QED) is 0.852. The van der Waals surface area contributed by atoms with Gasteiger partial charge in [0.05, 0.1) is 23.9 Å². The van der Waals surface area contributed by atoms with Gasteiger partial charge in [0.25, 0.3) is 0 Å². The van der Waals surface area contributed by atoms with E-state index in [9.17, 15) is 4.79 Å². The van der Waals surface area contributed by atoms with Gasteiger partial charge in [-0.2, -0.15) is 0 Å². The van der Waals surface area contributed by atoms with Crippen LogP contribution in [-0.4, -0.2) is 56.6 Å². The number of halogens is 1. The number of Topliss-reactive ketones (excluding diaryl/α,β-unsaturated/α-hetero) is 1. The Labute approximate surface area is 130 Å². The van der Waals surface area contributed by atoms with Gasteiger partial charge in [0.1, 0.15) is 0 Å². The number of benzene rings is 1. The van der Waals surface area contributed by atoms with E-state index in [0.29, 0.717) is 18.9 Å². The van der Waals surface area contributed by atoms with E-state index in [1.54, 1.807) is 0 Å². The highest BCUT2D eigenvalue weighted by molar-refractivity contribution is 6.33.